The lowest BCUT2D eigenvalue weighted by Crippen LogP contribution is -2.22. The second-order valence-electron chi connectivity index (χ2n) is 5.35. The maximum absolute atomic E-state index is 12.1. The smallest absolute Gasteiger partial charge is 0.254 e. The van der Waals surface area contributed by atoms with Gasteiger partial charge in [-0.15, -0.1) is 11.3 Å². The number of aromatic nitrogens is 3. The number of amides is 1. The lowest BCUT2D eigenvalue weighted by molar-refractivity contribution is 0.0951. The van der Waals surface area contributed by atoms with Crippen molar-refractivity contribution in [3.63, 3.8) is 0 Å². The summed E-state index contributed by atoms with van der Waals surface area (Å²) in [5, 5.41) is 8.27. The zero-order chi connectivity index (χ0) is 15.4. The third-order valence-electron chi connectivity index (χ3n) is 3.20. The minimum atomic E-state index is -0.0910. The van der Waals surface area contributed by atoms with Crippen molar-refractivity contribution in [1.82, 2.24) is 20.1 Å². The number of hydrogen-bond acceptors (Lipinski definition) is 4. The number of aryl methyl sites for hydroxylation is 2. The first-order valence-corrected chi connectivity index (χ1v) is 8.10. The van der Waals surface area contributed by atoms with Gasteiger partial charge in [0, 0.05) is 17.1 Å². The Kier molecular flexibility index (Phi) is 5.12. The van der Waals surface area contributed by atoms with E-state index in [1.165, 1.54) is 0 Å². The molecule has 6 heteroatoms. The second-order valence-corrected chi connectivity index (χ2v) is 6.52. The third kappa shape index (κ3) is 3.91. The van der Waals surface area contributed by atoms with Crippen LogP contribution in [0.15, 0.2) is 12.4 Å². The van der Waals surface area contributed by atoms with Crippen molar-refractivity contribution >= 4 is 17.2 Å². The molecule has 2 rings (SSSR count). The number of rotatable bonds is 6. The monoisotopic (exact) mass is 306 g/mol. The highest BCUT2D eigenvalue weighted by atomic mass is 32.1. The normalized spacial score (nSPS) is 11.1. The summed E-state index contributed by atoms with van der Waals surface area (Å²) in [4.78, 5) is 17.8. The molecule has 0 aliphatic rings. The number of nitrogens with one attached hydrogen (secondary N) is 1. The maximum atomic E-state index is 12.1. The highest BCUT2D eigenvalue weighted by molar-refractivity contribution is 7.11. The molecule has 0 unspecified atom stereocenters. The van der Waals surface area contributed by atoms with Gasteiger partial charge in [-0.25, -0.2) is 4.98 Å². The van der Waals surface area contributed by atoms with Gasteiger partial charge < -0.3 is 5.32 Å². The number of carbonyl (C=O) groups is 1. The largest absolute Gasteiger partial charge is 0.347 e. The molecule has 2 aromatic heterocycles. The minimum absolute atomic E-state index is 0.0910. The van der Waals surface area contributed by atoms with Crippen LogP contribution in [0, 0.1) is 6.92 Å². The van der Waals surface area contributed by atoms with Crippen molar-refractivity contribution in [2.75, 3.05) is 0 Å². The first-order valence-electron chi connectivity index (χ1n) is 7.28. The lowest BCUT2D eigenvalue weighted by atomic mass is 10.3. The van der Waals surface area contributed by atoms with Gasteiger partial charge in [-0.1, -0.05) is 6.92 Å². The molecule has 0 bridgehead atoms. The van der Waals surface area contributed by atoms with Crippen LogP contribution in [-0.2, 0) is 13.0 Å². The van der Waals surface area contributed by atoms with E-state index < -0.39 is 0 Å². The average molecular weight is 306 g/mol. The Morgan fingerprint density at radius 2 is 2.24 bits per heavy atom. The fraction of sp³-hybridized carbons (Fsp3) is 0.533. The summed E-state index contributed by atoms with van der Waals surface area (Å²) in [7, 11) is 0. The fourth-order valence-corrected chi connectivity index (χ4v) is 3.08. The fourth-order valence-electron chi connectivity index (χ4n) is 1.97. The Morgan fingerprint density at radius 3 is 2.86 bits per heavy atom. The number of nitrogens with zero attached hydrogens (tertiary/aromatic N) is 3. The highest BCUT2D eigenvalue weighted by Crippen LogP contribution is 2.19. The van der Waals surface area contributed by atoms with E-state index in [-0.39, 0.29) is 11.9 Å². The zero-order valence-electron chi connectivity index (χ0n) is 13.0. The van der Waals surface area contributed by atoms with Gasteiger partial charge in [0.05, 0.1) is 29.0 Å². The second kappa shape index (κ2) is 6.85. The molecule has 0 spiro atoms. The Bertz CT molecular complexity index is 615. The van der Waals surface area contributed by atoms with E-state index in [4.69, 9.17) is 0 Å². The van der Waals surface area contributed by atoms with Gasteiger partial charge in [0.2, 0.25) is 0 Å². The van der Waals surface area contributed by atoms with E-state index in [9.17, 15) is 4.79 Å². The number of carbonyl (C=O) groups excluding carboxylic acids is 1. The standard InChI is InChI=1S/C15H22N4OS/c1-5-6-14-18-11(4)13(21-14)8-16-15(20)12-7-17-19(9-12)10(2)3/h7,9-10H,5-6,8H2,1-4H3,(H,16,20). The first-order chi connectivity index (χ1) is 10.0. The third-order valence-corrected chi connectivity index (χ3v) is 4.42. The topological polar surface area (TPSA) is 59.8 Å². The number of hydrogen-bond donors (Lipinski definition) is 1. The molecule has 0 atom stereocenters. The molecular weight excluding hydrogens is 284 g/mol. The van der Waals surface area contributed by atoms with Crippen LogP contribution >= 0.6 is 11.3 Å². The first kappa shape index (κ1) is 15.7. The molecule has 0 aliphatic heterocycles. The van der Waals surface area contributed by atoms with Gasteiger partial charge in [-0.05, 0) is 33.6 Å². The van der Waals surface area contributed by atoms with Crippen LogP contribution in [0.25, 0.3) is 0 Å². The molecule has 0 saturated heterocycles. The zero-order valence-corrected chi connectivity index (χ0v) is 13.8. The Labute approximate surface area is 129 Å². The molecule has 0 aliphatic carbocycles. The molecule has 0 fully saturated rings. The quantitative estimate of drug-likeness (QED) is 0.892. The molecule has 2 heterocycles. The van der Waals surface area contributed by atoms with Crippen LogP contribution in [-0.4, -0.2) is 20.7 Å². The van der Waals surface area contributed by atoms with E-state index in [0.717, 1.165) is 28.4 Å². The van der Waals surface area contributed by atoms with Gasteiger partial charge in [-0.2, -0.15) is 5.10 Å². The van der Waals surface area contributed by atoms with Crippen LogP contribution in [0.3, 0.4) is 0 Å². The van der Waals surface area contributed by atoms with Crippen molar-refractivity contribution < 1.29 is 4.79 Å². The Morgan fingerprint density at radius 1 is 1.48 bits per heavy atom. The van der Waals surface area contributed by atoms with E-state index in [1.807, 2.05) is 20.8 Å². The van der Waals surface area contributed by atoms with Gasteiger partial charge in [-0.3, -0.25) is 9.48 Å². The van der Waals surface area contributed by atoms with E-state index in [0.29, 0.717) is 12.1 Å². The average Bonchev–Trinajstić information content (AvgIpc) is 3.04. The molecule has 0 aromatic carbocycles. The highest BCUT2D eigenvalue weighted by Gasteiger charge is 2.12. The molecule has 1 amide bonds. The number of thiazole rings is 1. The van der Waals surface area contributed by atoms with Crippen LogP contribution in [0.5, 0.6) is 0 Å². The van der Waals surface area contributed by atoms with Crippen molar-refractivity contribution in [2.24, 2.45) is 0 Å². The SMILES string of the molecule is CCCc1nc(C)c(CNC(=O)c2cnn(C(C)C)c2)s1. The van der Waals surface area contributed by atoms with Gasteiger partial charge >= 0.3 is 0 Å². The summed E-state index contributed by atoms with van der Waals surface area (Å²) >= 11 is 1.68. The molecule has 0 radical (unpaired) electrons. The summed E-state index contributed by atoms with van der Waals surface area (Å²) in [6.45, 7) is 8.73. The molecule has 2 aromatic rings. The lowest BCUT2D eigenvalue weighted by Gasteiger charge is -2.04. The van der Waals surface area contributed by atoms with Crippen LogP contribution in [0.1, 0.15) is 59.2 Å². The van der Waals surface area contributed by atoms with Crippen molar-refractivity contribution in [3.05, 3.63) is 33.5 Å². The Balaban J connectivity index is 1.97. The van der Waals surface area contributed by atoms with E-state index in [1.54, 1.807) is 28.4 Å². The van der Waals surface area contributed by atoms with Gasteiger partial charge in [0.1, 0.15) is 0 Å². The molecule has 21 heavy (non-hydrogen) atoms. The summed E-state index contributed by atoms with van der Waals surface area (Å²) < 4.78 is 1.78. The van der Waals surface area contributed by atoms with Crippen LogP contribution < -0.4 is 5.32 Å². The molecule has 114 valence electrons. The minimum Gasteiger partial charge on any atom is -0.347 e. The predicted molar refractivity (Wildman–Crippen MR) is 84.6 cm³/mol. The Hall–Kier alpha value is -1.69. The maximum Gasteiger partial charge on any atom is 0.254 e. The molecule has 5 nitrogen and oxygen atoms in total. The molecular formula is C15H22N4OS. The predicted octanol–water partition coefficient (Wildman–Crippen LogP) is 3.11. The summed E-state index contributed by atoms with van der Waals surface area (Å²) in [5.41, 5.74) is 1.61. The molecule has 0 saturated carbocycles. The van der Waals surface area contributed by atoms with Gasteiger partial charge in [0.15, 0.2) is 0 Å². The van der Waals surface area contributed by atoms with E-state index >= 15 is 0 Å². The molecule has 1 N–H and O–H groups in total. The van der Waals surface area contributed by atoms with Gasteiger partial charge in [0.25, 0.3) is 5.91 Å². The van der Waals surface area contributed by atoms with E-state index in [2.05, 4.69) is 22.3 Å². The van der Waals surface area contributed by atoms with Crippen molar-refractivity contribution in [1.29, 1.82) is 0 Å². The summed E-state index contributed by atoms with van der Waals surface area (Å²) in [5.74, 6) is -0.0910. The van der Waals surface area contributed by atoms with Crippen molar-refractivity contribution in [3.8, 4) is 0 Å². The summed E-state index contributed by atoms with van der Waals surface area (Å²) in [6.07, 6.45) is 5.48. The van der Waals surface area contributed by atoms with Crippen LogP contribution in [0.2, 0.25) is 0 Å². The van der Waals surface area contributed by atoms with Crippen molar-refractivity contribution in [2.45, 2.75) is 53.1 Å². The summed E-state index contributed by atoms with van der Waals surface area (Å²) in [6, 6.07) is 0.256. The van der Waals surface area contributed by atoms with Crippen LogP contribution in [0.4, 0.5) is 0 Å².